The van der Waals surface area contributed by atoms with Crippen molar-refractivity contribution in [2.24, 2.45) is 5.92 Å². The highest BCUT2D eigenvalue weighted by molar-refractivity contribution is 6.04. The molecule has 7 nitrogen and oxygen atoms in total. The van der Waals surface area contributed by atoms with E-state index in [9.17, 15) is 9.59 Å². The van der Waals surface area contributed by atoms with Crippen LogP contribution < -0.4 is 10.6 Å². The maximum absolute atomic E-state index is 13.1. The number of carbonyl (C=O) groups excluding carboxylic acids is 2. The van der Waals surface area contributed by atoms with Crippen molar-refractivity contribution in [3.05, 3.63) is 59.2 Å². The Labute approximate surface area is 213 Å². The van der Waals surface area contributed by atoms with Crippen molar-refractivity contribution in [1.29, 1.82) is 0 Å². The van der Waals surface area contributed by atoms with Gasteiger partial charge in [-0.1, -0.05) is 30.2 Å². The summed E-state index contributed by atoms with van der Waals surface area (Å²) >= 11 is 0. The standard InChI is InChI=1S/C29H37N5O2/c1-20-6-9-23(10-7-20)28(36)32-29-31-25-15-8-21(19-33-16-4-3-5-17-33)18-26(25)34(29)24-13-11-22(12-14-24)27(35)30-2/h6-10,15,18,22,24H,3-5,11-14,16-17,19H2,1-2H3,(H,30,35)(H,31,32,36)/t22-,24+. The minimum absolute atomic E-state index is 0.0568. The monoisotopic (exact) mass is 487 g/mol. The van der Waals surface area contributed by atoms with E-state index in [1.165, 1.54) is 24.8 Å². The smallest absolute Gasteiger partial charge is 0.257 e. The molecular formula is C29H37N5O2. The number of anilines is 1. The van der Waals surface area contributed by atoms with Gasteiger partial charge in [-0.15, -0.1) is 0 Å². The Morgan fingerprint density at radius 1 is 0.972 bits per heavy atom. The lowest BCUT2D eigenvalue weighted by Gasteiger charge is -2.30. The minimum atomic E-state index is -0.154. The lowest BCUT2D eigenvalue weighted by atomic mass is 9.85. The van der Waals surface area contributed by atoms with Crippen LogP contribution in [0.5, 0.6) is 0 Å². The molecule has 2 amide bonds. The van der Waals surface area contributed by atoms with Crippen molar-refractivity contribution in [1.82, 2.24) is 19.8 Å². The molecule has 2 N–H and O–H groups in total. The number of hydrogen-bond acceptors (Lipinski definition) is 4. The van der Waals surface area contributed by atoms with Crippen LogP contribution in [0, 0.1) is 12.8 Å². The molecule has 0 unspecified atom stereocenters. The maximum atomic E-state index is 13.1. The van der Waals surface area contributed by atoms with Gasteiger partial charge in [-0.2, -0.15) is 0 Å². The van der Waals surface area contributed by atoms with E-state index >= 15 is 0 Å². The fraction of sp³-hybridized carbons (Fsp3) is 0.483. The zero-order chi connectivity index (χ0) is 25.1. The third-order valence-corrected chi connectivity index (χ3v) is 7.83. The normalized spacial score (nSPS) is 20.8. The number of benzene rings is 2. The van der Waals surface area contributed by atoms with Crippen molar-refractivity contribution in [2.75, 3.05) is 25.5 Å². The minimum Gasteiger partial charge on any atom is -0.359 e. The SMILES string of the molecule is CNC(=O)[C@H]1CC[C@@H](n2c(NC(=O)c3ccc(C)cc3)nc3ccc(CN4CCCCC4)cc32)CC1. The lowest BCUT2D eigenvalue weighted by molar-refractivity contribution is -0.125. The number of nitrogens with zero attached hydrogens (tertiary/aromatic N) is 3. The summed E-state index contributed by atoms with van der Waals surface area (Å²) in [5.41, 5.74) is 4.97. The fourth-order valence-electron chi connectivity index (χ4n) is 5.75. The van der Waals surface area contributed by atoms with Gasteiger partial charge in [0, 0.05) is 31.1 Å². The molecule has 36 heavy (non-hydrogen) atoms. The first kappa shape index (κ1) is 24.5. The van der Waals surface area contributed by atoms with Gasteiger partial charge in [0.05, 0.1) is 11.0 Å². The Hall–Kier alpha value is -3.19. The molecule has 2 aliphatic rings. The Balaban J connectivity index is 1.46. The Morgan fingerprint density at radius 3 is 2.39 bits per heavy atom. The third kappa shape index (κ3) is 5.31. The van der Waals surface area contributed by atoms with Crippen LogP contribution in [0.15, 0.2) is 42.5 Å². The number of aryl methyl sites for hydroxylation is 1. The number of aromatic nitrogens is 2. The summed E-state index contributed by atoms with van der Waals surface area (Å²) in [6.07, 6.45) is 7.30. The summed E-state index contributed by atoms with van der Waals surface area (Å²) < 4.78 is 2.22. The number of imidazole rings is 1. The molecule has 1 aliphatic heterocycles. The lowest BCUT2D eigenvalue weighted by Crippen LogP contribution is -2.31. The van der Waals surface area contributed by atoms with Gasteiger partial charge in [0.1, 0.15) is 0 Å². The molecule has 2 heterocycles. The van der Waals surface area contributed by atoms with Crippen LogP contribution in [0.2, 0.25) is 0 Å². The van der Waals surface area contributed by atoms with Gasteiger partial charge < -0.3 is 9.88 Å². The average Bonchev–Trinajstić information content (AvgIpc) is 3.26. The molecule has 3 aromatic rings. The molecule has 7 heteroatoms. The van der Waals surface area contributed by atoms with E-state index in [1.807, 2.05) is 31.2 Å². The molecule has 0 spiro atoms. The summed E-state index contributed by atoms with van der Waals surface area (Å²) in [6, 6.07) is 14.3. The Bertz CT molecular complexity index is 1220. The van der Waals surface area contributed by atoms with E-state index in [0.29, 0.717) is 11.5 Å². The van der Waals surface area contributed by atoms with Crippen LogP contribution in [0.1, 0.15) is 72.5 Å². The number of amides is 2. The van der Waals surface area contributed by atoms with Crippen LogP contribution in [0.4, 0.5) is 5.95 Å². The number of likely N-dealkylation sites (tertiary alicyclic amines) is 1. The zero-order valence-corrected chi connectivity index (χ0v) is 21.4. The molecule has 0 radical (unpaired) electrons. The predicted octanol–water partition coefficient (Wildman–Crippen LogP) is 5.06. The number of nitrogens with one attached hydrogen (secondary N) is 2. The quantitative estimate of drug-likeness (QED) is 0.509. The van der Waals surface area contributed by atoms with Crippen LogP contribution in [-0.2, 0) is 11.3 Å². The molecule has 1 aromatic heterocycles. The van der Waals surface area contributed by atoms with Gasteiger partial charge in [-0.25, -0.2) is 4.98 Å². The summed E-state index contributed by atoms with van der Waals surface area (Å²) in [5, 5.41) is 5.90. The van der Waals surface area contributed by atoms with Crippen molar-refractivity contribution < 1.29 is 9.59 Å². The number of piperidine rings is 1. The van der Waals surface area contributed by atoms with Crippen molar-refractivity contribution >= 4 is 28.8 Å². The first-order valence-corrected chi connectivity index (χ1v) is 13.3. The van der Waals surface area contributed by atoms with E-state index in [-0.39, 0.29) is 23.8 Å². The number of rotatable bonds is 6. The van der Waals surface area contributed by atoms with Gasteiger partial charge in [0.25, 0.3) is 5.91 Å². The van der Waals surface area contributed by atoms with E-state index in [4.69, 9.17) is 4.98 Å². The van der Waals surface area contributed by atoms with Crippen molar-refractivity contribution in [3.63, 3.8) is 0 Å². The van der Waals surface area contributed by atoms with E-state index in [2.05, 4.69) is 38.3 Å². The largest absolute Gasteiger partial charge is 0.359 e. The molecule has 1 aliphatic carbocycles. The van der Waals surface area contributed by atoms with Crippen LogP contribution in [0.25, 0.3) is 11.0 Å². The van der Waals surface area contributed by atoms with E-state index in [0.717, 1.165) is 61.9 Å². The third-order valence-electron chi connectivity index (χ3n) is 7.83. The van der Waals surface area contributed by atoms with Crippen molar-refractivity contribution in [2.45, 2.75) is 64.5 Å². The Morgan fingerprint density at radius 2 is 1.69 bits per heavy atom. The molecule has 2 aromatic carbocycles. The summed E-state index contributed by atoms with van der Waals surface area (Å²) in [4.78, 5) is 32.7. The number of fused-ring (bicyclic) bond motifs is 1. The molecule has 2 fully saturated rings. The molecule has 1 saturated carbocycles. The van der Waals surface area contributed by atoms with Gasteiger partial charge in [0.15, 0.2) is 0 Å². The van der Waals surface area contributed by atoms with Crippen LogP contribution >= 0.6 is 0 Å². The second-order valence-corrected chi connectivity index (χ2v) is 10.4. The second-order valence-electron chi connectivity index (χ2n) is 10.4. The first-order valence-electron chi connectivity index (χ1n) is 13.3. The van der Waals surface area contributed by atoms with Crippen LogP contribution in [0.3, 0.4) is 0 Å². The van der Waals surface area contributed by atoms with Crippen LogP contribution in [-0.4, -0.2) is 46.4 Å². The predicted molar refractivity (Wildman–Crippen MR) is 143 cm³/mol. The highest BCUT2D eigenvalue weighted by atomic mass is 16.2. The second kappa shape index (κ2) is 10.8. The Kier molecular flexibility index (Phi) is 7.37. The topological polar surface area (TPSA) is 79.3 Å². The number of carbonyl (C=O) groups is 2. The molecular weight excluding hydrogens is 450 g/mol. The maximum Gasteiger partial charge on any atom is 0.257 e. The zero-order valence-electron chi connectivity index (χ0n) is 21.4. The first-order chi connectivity index (χ1) is 17.5. The molecule has 5 rings (SSSR count). The molecule has 0 atom stereocenters. The summed E-state index contributed by atoms with van der Waals surface area (Å²) in [6.45, 7) is 5.25. The van der Waals surface area contributed by atoms with Gasteiger partial charge in [0.2, 0.25) is 11.9 Å². The summed E-state index contributed by atoms with van der Waals surface area (Å²) in [7, 11) is 1.71. The molecule has 190 valence electrons. The molecule has 1 saturated heterocycles. The highest BCUT2D eigenvalue weighted by Crippen LogP contribution is 2.37. The number of hydrogen-bond donors (Lipinski definition) is 2. The van der Waals surface area contributed by atoms with Crippen molar-refractivity contribution in [3.8, 4) is 0 Å². The molecule has 0 bridgehead atoms. The fourth-order valence-corrected chi connectivity index (χ4v) is 5.75. The van der Waals surface area contributed by atoms with E-state index in [1.54, 1.807) is 7.05 Å². The highest BCUT2D eigenvalue weighted by Gasteiger charge is 2.29. The average molecular weight is 488 g/mol. The van der Waals surface area contributed by atoms with E-state index < -0.39 is 0 Å². The van der Waals surface area contributed by atoms with Gasteiger partial charge in [-0.05, 0) is 88.4 Å². The van der Waals surface area contributed by atoms with Gasteiger partial charge >= 0.3 is 0 Å². The summed E-state index contributed by atoms with van der Waals surface area (Å²) in [5.74, 6) is 0.621. The van der Waals surface area contributed by atoms with Gasteiger partial charge in [-0.3, -0.25) is 19.8 Å².